The van der Waals surface area contributed by atoms with Crippen LogP contribution in [0.4, 0.5) is 5.69 Å². The molecule has 0 atom stereocenters. The quantitative estimate of drug-likeness (QED) is 0.795. The van der Waals surface area contributed by atoms with Gasteiger partial charge in [0.15, 0.2) is 0 Å². The van der Waals surface area contributed by atoms with Crippen molar-refractivity contribution >= 4 is 16.5 Å². The van der Waals surface area contributed by atoms with Crippen molar-refractivity contribution in [2.75, 3.05) is 18.0 Å². The predicted molar refractivity (Wildman–Crippen MR) is 77.8 cm³/mol. The highest BCUT2D eigenvalue weighted by Crippen LogP contribution is 2.17. The van der Waals surface area contributed by atoms with Gasteiger partial charge < -0.3 is 4.90 Å². The van der Waals surface area contributed by atoms with Crippen LogP contribution < -0.4 is 16.0 Å². The van der Waals surface area contributed by atoms with E-state index in [2.05, 4.69) is 23.4 Å². The molecule has 0 radical (unpaired) electrons. The minimum absolute atomic E-state index is 0.305. The summed E-state index contributed by atoms with van der Waals surface area (Å²) in [5.74, 6) is 0. The lowest BCUT2D eigenvalue weighted by molar-refractivity contribution is 0.953. The lowest BCUT2D eigenvalue weighted by Crippen LogP contribution is -2.24. The van der Waals surface area contributed by atoms with Crippen LogP contribution in [-0.2, 0) is 0 Å². The third kappa shape index (κ3) is 2.49. The maximum atomic E-state index is 11.7. The standard InChI is InChI=1S/C14H15N3O2/c1-3-7-17(8-4-2)10-5-6-11-12(9-10)14(19)16-15-13(11)18/h3-6,9H,1-2,7-8H2,(H,15,18)(H,16,19). The molecule has 98 valence electrons. The first-order valence-electron chi connectivity index (χ1n) is 5.89. The number of nitrogens with zero attached hydrogens (tertiary/aromatic N) is 1. The van der Waals surface area contributed by atoms with E-state index in [-0.39, 0.29) is 11.1 Å². The first kappa shape index (κ1) is 12.9. The zero-order valence-electron chi connectivity index (χ0n) is 10.5. The third-order valence-corrected chi connectivity index (χ3v) is 2.85. The number of aromatic nitrogens is 2. The smallest absolute Gasteiger partial charge is 0.270 e. The van der Waals surface area contributed by atoms with Crippen LogP contribution in [0.3, 0.4) is 0 Å². The Hall–Kier alpha value is -2.56. The molecule has 19 heavy (non-hydrogen) atoms. The van der Waals surface area contributed by atoms with Crippen LogP contribution in [0, 0.1) is 0 Å². The summed E-state index contributed by atoms with van der Waals surface area (Å²) in [6.45, 7) is 8.68. The van der Waals surface area contributed by atoms with Gasteiger partial charge in [0.1, 0.15) is 0 Å². The van der Waals surface area contributed by atoms with Crippen LogP contribution in [0.2, 0.25) is 0 Å². The highest BCUT2D eigenvalue weighted by atomic mass is 16.1. The Morgan fingerprint density at radius 1 is 1.00 bits per heavy atom. The third-order valence-electron chi connectivity index (χ3n) is 2.85. The predicted octanol–water partition coefficient (Wildman–Crippen LogP) is 1.39. The number of hydrogen-bond acceptors (Lipinski definition) is 3. The van der Waals surface area contributed by atoms with Crippen molar-refractivity contribution in [3.05, 3.63) is 64.2 Å². The molecule has 5 nitrogen and oxygen atoms in total. The number of benzene rings is 1. The van der Waals surface area contributed by atoms with Gasteiger partial charge in [0.2, 0.25) is 0 Å². The lowest BCUT2D eigenvalue weighted by Gasteiger charge is -2.21. The van der Waals surface area contributed by atoms with Crippen LogP contribution in [0.15, 0.2) is 53.1 Å². The fourth-order valence-electron chi connectivity index (χ4n) is 1.96. The molecule has 1 aromatic heterocycles. The molecule has 0 bridgehead atoms. The molecule has 1 aromatic carbocycles. The Morgan fingerprint density at radius 2 is 1.58 bits per heavy atom. The molecule has 1 heterocycles. The number of aromatic amines is 2. The van der Waals surface area contributed by atoms with Gasteiger partial charge in [-0.2, -0.15) is 0 Å². The topological polar surface area (TPSA) is 69.0 Å². The Morgan fingerprint density at radius 3 is 2.16 bits per heavy atom. The maximum Gasteiger partial charge on any atom is 0.270 e. The summed E-state index contributed by atoms with van der Waals surface area (Å²) in [5.41, 5.74) is 0.233. The molecule has 2 N–H and O–H groups in total. The first-order chi connectivity index (χ1) is 9.17. The summed E-state index contributed by atoms with van der Waals surface area (Å²) < 4.78 is 0. The van der Waals surface area contributed by atoms with Gasteiger partial charge in [-0.15, -0.1) is 13.2 Å². The van der Waals surface area contributed by atoms with Gasteiger partial charge in [-0.05, 0) is 18.2 Å². The van der Waals surface area contributed by atoms with Gasteiger partial charge in [0, 0.05) is 18.8 Å². The molecular formula is C14H15N3O2. The summed E-state index contributed by atoms with van der Waals surface area (Å²) in [4.78, 5) is 25.3. The molecule has 2 rings (SSSR count). The fourth-order valence-corrected chi connectivity index (χ4v) is 1.96. The number of hydrogen-bond donors (Lipinski definition) is 2. The second-order valence-corrected chi connectivity index (χ2v) is 4.12. The van der Waals surface area contributed by atoms with Gasteiger partial charge in [0.05, 0.1) is 10.8 Å². The highest BCUT2D eigenvalue weighted by molar-refractivity contribution is 5.84. The molecule has 0 amide bonds. The number of anilines is 1. The molecule has 0 aliphatic rings. The van der Waals surface area contributed by atoms with E-state index >= 15 is 0 Å². The molecule has 0 aliphatic heterocycles. The molecular weight excluding hydrogens is 242 g/mol. The zero-order chi connectivity index (χ0) is 13.8. The molecule has 0 saturated heterocycles. The van der Waals surface area contributed by atoms with E-state index in [0.717, 1.165) is 5.69 Å². The Kier molecular flexibility index (Phi) is 3.66. The van der Waals surface area contributed by atoms with Gasteiger partial charge in [-0.25, -0.2) is 0 Å². The summed E-state index contributed by atoms with van der Waals surface area (Å²) in [7, 11) is 0. The molecule has 2 aromatic rings. The second kappa shape index (κ2) is 5.39. The normalized spacial score (nSPS) is 10.3. The number of nitrogens with one attached hydrogen (secondary N) is 2. The van der Waals surface area contributed by atoms with Gasteiger partial charge in [-0.1, -0.05) is 12.2 Å². The van der Waals surface area contributed by atoms with E-state index < -0.39 is 0 Å². The van der Waals surface area contributed by atoms with Crippen LogP contribution in [0.1, 0.15) is 0 Å². The molecule has 0 saturated carbocycles. The zero-order valence-corrected chi connectivity index (χ0v) is 10.5. The van der Waals surface area contributed by atoms with Crippen molar-refractivity contribution in [1.29, 1.82) is 0 Å². The molecule has 0 aliphatic carbocycles. The maximum absolute atomic E-state index is 11.7. The lowest BCUT2D eigenvalue weighted by atomic mass is 10.1. The fraction of sp³-hybridized carbons (Fsp3) is 0.143. The van der Waals surface area contributed by atoms with Gasteiger partial charge >= 0.3 is 0 Å². The summed E-state index contributed by atoms with van der Waals surface area (Å²) >= 11 is 0. The second-order valence-electron chi connectivity index (χ2n) is 4.12. The monoisotopic (exact) mass is 257 g/mol. The number of fused-ring (bicyclic) bond motifs is 1. The molecule has 0 fully saturated rings. The van der Waals surface area contributed by atoms with E-state index in [9.17, 15) is 9.59 Å². The van der Waals surface area contributed by atoms with Crippen molar-refractivity contribution < 1.29 is 0 Å². The van der Waals surface area contributed by atoms with Gasteiger partial charge in [-0.3, -0.25) is 19.8 Å². The van der Waals surface area contributed by atoms with Crippen molar-refractivity contribution in [1.82, 2.24) is 10.2 Å². The van der Waals surface area contributed by atoms with Crippen LogP contribution in [-0.4, -0.2) is 23.3 Å². The van der Waals surface area contributed by atoms with E-state index in [1.54, 1.807) is 24.3 Å². The average molecular weight is 257 g/mol. The SMILES string of the molecule is C=CCN(CC=C)c1ccc2c(=O)[nH][nH]c(=O)c2c1. The molecule has 0 unspecified atom stereocenters. The van der Waals surface area contributed by atoms with Crippen molar-refractivity contribution in [2.24, 2.45) is 0 Å². The van der Waals surface area contributed by atoms with Crippen molar-refractivity contribution in [2.45, 2.75) is 0 Å². The molecule has 5 heteroatoms. The Balaban J connectivity index is 2.60. The minimum atomic E-state index is -0.311. The van der Waals surface area contributed by atoms with E-state index in [1.807, 2.05) is 11.0 Å². The van der Waals surface area contributed by atoms with Crippen LogP contribution in [0.5, 0.6) is 0 Å². The summed E-state index contributed by atoms with van der Waals surface area (Å²) in [6.07, 6.45) is 3.55. The number of H-pyrrole nitrogens is 2. The average Bonchev–Trinajstić information content (AvgIpc) is 2.42. The van der Waals surface area contributed by atoms with E-state index in [0.29, 0.717) is 23.9 Å². The van der Waals surface area contributed by atoms with E-state index in [1.165, 1.54) is 0 Å². The summed E-state index contributed by atoms with van der Waals surface area (Å²) in [6, 6.07) is 5.17. The van der Waals surface area contributed by atoms with E-state index in [4.69, 9.17) is 0 Å². The number of rotatable bonds is 5. The minimum Gasteiger partial charge on any atom is -0.364 e. The van der Waals surface area contributed by atoms with Gasteiger partial charge in [0.25, 0.3) is 11.1 Å². The first-order valence-corrected chi connectivity index (χ1v) is 5.89. The highest BCUT2D eigenvalue weighted by Gasteiger charge is 2.07. The van der Waals surface area contributed by atoms with Crippen LogP contribution in [0.25, 0.3) is 10.8 Å². The Labute approximate surface area is 109 Å². The summed E-state index contributed by atoms with van der Waals surface area (Å²) in [5, 5.41) is 5.38. The van der Waals surface area contributed by atoms with Crippen LogP contribution >= 0.6 is 0 Å². The Bertz CT molecular complexity index is 717. The van der Waals surface area contributed by atoms with Crippen molar-refractivity contribution in [3.63, 3.8) is 0 Å². The largest absolute Gasteiger partial charge is 0.364 e. The molecule has 0 spiro atoms. The van der Waals surface area contributed by atoms with Crippen molar-refractivity contribution in [3.8, 4) is 0 Å².